The van der Waals surface area contributed by atoms with Crippen LogP contribution in [0.1, 0.15) is 27.0 Å². The summed E-state index contributed by atoms with van der Waals surface area (Å²) in [5.74, 6) is -0.755. The molecule has 0 unspecified atom stereocenters. The van der Waals surface area contributed by atoms with Crippen LogP contribution in [0, 0.1) is 18.3 Å². The maximum Gasteiger partial charge on any atom is 0.335 e. The van der Waals surface area contributed by atoms with Crippen molar-refractivity contribution in [1.29, 1.82) is 5.26 Å². The summed E-state index contributed by atoms with van der Waals surface area (Å²) in [5, 5.41) is 21.3. The predicted octanol–water partition coefficient (Wildman–Crippen LogP) is 4.83. The van der Waals surface area contributed by atoms with Crippen LogP contribution in [0.4, 0.5) is 5.69 Å². The van der Waals surface area contributed by atoms with E-state index in [1.807, 2.05) is 31.2 Å². The van der Waals surface area contributed by atoms with Gasteiger partial charge in [-0.1, -0.05) is 36.4 Å². The summed E-state index contributed by atoms with van der Waals surface area (Å²) >= 11 is 0. The molecule has 3 aromatic rings. The summed E-state index contributed by atoms with van der Waals surface area (Å²) in [6, 6.07) is 20.7. The van der Waals surface area contributed by atoms with Gasteiger partial charge in [-0.15, -0.1) is 0 Å². The number of para-hydroxylation sites is 1. The third kappa shape index (κ3) is 5.99. The van der Waals surface area contributed by atoms with Crippen molar-refractivity contribution in [2.45, 2.75) is 13.5 Å². The second kappa shape index (κ2) is 10.6. The molecule has 0 radical (unpaired) electrons. The second-order valence-corrected chi connectivity index (χ2v) is 7.16. The fourth-order valence-electron chi connectivity index (χ4n) is 3.09. The number of methoxy groups -OCH3 is 1. The molecule has 0 aliphatic rings. The smallest absolute Gasteiger partial charge is 0.335 e. The molecule has 0 heterocycles. The van der Waals surface area contributed by atoms with Crippen molar-refractivity contribution in [3.8, 4) is 17.6 Å². The van der Waals surface area contributed by atoms with Crippen molar-refractivity contribution in [2.75, 3.05) is 12.4 Å². The zero-order valence-corrected chi connectivity index (χ0v) is 18.2. The third-order valence-electron chi connectivity index (χ3n) is 4.75. The van der Waals surface area contributed by atoms with Crippen molar-refractivity contribution < 1.29 is 24.2 Å². The molecular weight excluding hydrogens is 420 g/mol. The fourth-order valence-corrected chi connectivity index (χ4v) is 3.09. The average Bonchev–Trinajstić information content (AvgIpc) is 2.81. The molecular formula is C26H22N2O5. The number of nitriles is 1. The highest BCUT2D eigenvalue weighted by molar-refractivity contribution is 6.09. The first-order valence-electron chi connectivity index (χ1n) is 10.0. The fraction of sp³-hybridized carbons (Fsp3) is 0.115. The van der Waals surface area contributed by atoms with Crippen LogP contribution in [0.2, 0.25) is 0 Å². The first-order chi connectivity index (χ1) is 15.9. The molecule has 1 amide bonds. The number of amides is 1. The van der Waals surface area contributed by atoms with E-state index >= 15 is 0 Å². The number of aromatic carboxylic acids is 1. The van der Waals surface area contributed by atoms with E-state index in [-0.39, 0.29) is 17.7 Å². The van der Waals surface area contributed by atoms with Crippen molar-refractivity contribution in [2.24, 2.45) is 0 Å². The number of carboxylic acid groups (broad SMARTS) is 1. The number of carboxylic acids is 1. The topological polar surface area (TPSA) is 109 Å². The molecule has 0 atom stereocenters. The number of nitrogens with one attached hydrogen (secondary N) is 1. The number of carbonyl (C=O) groups excluding carboxylic acids is 1. The van der Waals surface area contributed by atoms with Crippen LogP contribution in [-0.4, -0.2) is 24.1 Å². The van der Waals surface area contributed by atoms with Crippen LogP contribution >= 0.6 is 0 Å². The lowest BCUT2D eigenvalue weighted by atomic mass is 10.1. The lowest BCUT2D eigenvalue weighted by Crippen LogP contribution is -2.13. The van der Waals surface area contributed by atoms with Gasteiger partial charge in [-0.25, -0.2) is 4.79 Å². The molecule has 7 heteroatoms. The maximum atomic E-state index is 12.7. The SMILES string of the molecule is COc1cccc(/C=C(/C#N)C(=O)Nc2cccc(C)c2)c1OCc1ccc(C(=O)O)cc1. The molecule has 0 fully saturated rings. The molecule has 0 aliphatic carbocycles. The molecule has 0 aliphatic heterocycles. The molecule has 3 aromatic carbocycles. The number of rotatable bonds is 8. The number of hydrogen-bond donors (Lipinski definition) is 2. The lowest BCUT2D eigenvalue weighted by molar-refractivity contribution is -0.112. The number of ether oxygens (including phenoxy) is 2. The van der Waals surface area contributed by atoms with Gasteiger partial charge in [0.15, 0.2) is 11.5 Å². The summed E-state index contributed by atoms with van der Waals surface area (Å²) < 4.78 is 11.3. The quantitative estimate of drug-likeness (QED) is 0.382. The number of aryl methyl sites for hydroxylation is 1. The maximum absolute atomic E-state index is 12.7. The molecule has 0 saturated heterocycles. The van der Waals surface area contributed by atoms with E-state index in [2.05, 4.69) is 5.32 Å². The van der Waals surface area contributed by atoms with Crippen molar-refractivity contribution in [3.05, 3.63) is 94.6 Å². The normalized spacial score (nSPS) is 10.8. The monoisotopic (exact) mass is 442 g/mol. The van der Waals surface area contributed by atoms with Gasteiger partial charge in [0.05, 0.1) is 12.7 Å². The minimum atomic E-state index is -1.01. The molecule has 0 aromatic heterocycles. The predicted molar refractivity (Wildman–Crippen MR) is 124 cm³/mol. The van der Waals surface area contributed by atoms with Crippen LogP contribution in [0.3, 0.4) is 0 Å². The van der Waals surface area contributed by atoms with Gasteiger partial charge in [0.2, 0.25) is 0 Å². The number of carbonyl (C=O) groups is 2. The lowest BCUT2D eigenvalue weighted by Gasteiger charge is -2.14. The number of benzene rings is 3. The van der Waals surface area contributed by atoms with Crippen LogP contribution in [0.25, 0.3) is 6.08 Å². The molecule has 3 rings (SSSR count). The highest BCUT2D eigenvalue weighted by Crippen LogP contribution is 2.33. The van der Waals surface area contributed by atoms with Gasteiger partial charge >= 0.3 is 5.97 Å². The zero-order valence-electron chi connectivity index (χ0n) is 18.2. The van der Waals surface area contributed by atoms with Crippen LogP contribution in [-0.2, 0) is 11.4 Å². The van der Waals surface area contributed by atoms with Crippen LogP contribution in [0.5, 0.6) is 11.5 Å². The van der Waals surface area contributed by atoms with Gasteiger partial charge in [-0.2, -0.15) is 5.26 Å². The number of anilines is 1. The minimum absolute atomic E-state index is 0.0968. The Morgan fingerprint density at radius 1 is 1.09 bits per heavy atom. The Morgan fingerprint density at radius 2 is 1.82 bits per heavy atom. The van der Waals surface area contributed by atoms with Crippen molar-refractivity contribution >= 4 is 23.6 Å². The Kier molecular flexibility index (Phi) is 7.45. The molecule has 0 bridgehead atoms. The van der Waals surface area contributed by atoms with Gasteiger partial charge in [0.25, 0.3) is 5.91 Å². The minimum Gasteiger partial charge on any atom is -0.493 e. The molecule has 0 saturated carbocycles. The van der Waals surface area contributed by atoms with E-state index in [0.29, 0.717) is 22.7 Å². The van der Waals surface area contributed by atoms with E-state index in [1.54, 1.807) is 36.4 Å². The Hall–Kier alpha value is -4.57. The van der Waals surface area contributed by atoms with Crippen molar-refractivity contribution in [1.82, 2.24) is 0 Å². The number of hydrogen-bond acceptors (Lipinski definition) is 5. The van der Waals surface area contributed by atoms with E-state index < -0.39 is 11.9 Å². The summed E-state index contributed by atoms with van der Waals surface area (Å²) in [5.41, 5.74) is 2.90. The van der Waals surface area contributed by atoms with Crippen LogP contribution in [0.15, 0.2) is 72.3 Å². The van der Waals surface area contributed by atoms with Gasteiger partial charge in [-0.3, -0.25) is 4.79 Å². The van der Waals surface area contributed by atoms with Gasteiger partial charge in [0.1, 0.15) is 18.2 Å². The van der Waals surface area contributed by atoms with Gasteiger partial charge < -0.3 is 19.9 Å². The van der Waals surface area contributed by atoms with E-state index in [4.69, 9.17) is 14.6 Å². The summed E-state index contributed by atoms with van der Waals surface area (Å²) in [6.07, 6.45) is 1.44. The highest BCUT2D eigenvalue weighted by Gasteiger charge is 2.15. The summed E-state index contributed by atoms with van der Waals surface area (Å²) in [7, 11) is 1.49. The van der Waals surface area contributed by atoms with Gasteiger partial charge in [0, 0.05) is 11.3 Å². The number of nitrogens with zero attached hydrogens (tertiary/aromatic N) is 1. The van der Waals surface area contributed by atoms with E-state index in [1.165, 1.54) is 25.3 Å². The molecule has 166 valence electrons. The standard InChI is InChI=1S/C26H22N2O5/c1-17-5-3-7-22(13-17)28-25(29)21(15-27)14-20-6-4-8-23(32-2)24(20)33-16-18-9-11-19(12-10-18)26(30)31/h3-14H,16H2,1-2H3,(H,28,29)(H,30,31)/b21-14-. The molecule has 33 heavy (non-hydrogen) atoms. The Labute approximate surface area is 191 Å². The molecule has 0 spiro atoms. The van der Waals surface area contributed by atoms with E-state index in [9.17, 15) is 14.9 Å². The average molecular weight is 442 g/mol. The Morgan fingerprint density at radius 3 is 2.45 bits per heavy atom. The van der Waals surface area contributed by atoms with Gasteiger partial charge in [-0.05, 0) is 54.5 Å². The molecule has 2 N–H and O–H groups in total. The molecule has 7 nitrogen and oxygen atoms in total. The second-order valence-electron chi connectivity index (χ2n) is 7.16. The first kappa shape index (κ1) is 23.1. The Balaban J connectivity index is 1.85. The summed E-state index contributed by atoms with van der Waals surface area (Å²) in [4.78, 5) is 23.7. The third-order valence-corrected chi connectivity index (χ3v) is 4.75. The largest absolute Gasteiger partial charge is 0.493 e. The summed E-state index contributed by atoms with van der Waals surface area (Å²) in [6.45, 7) is 2.05. The zero-order chi connectivity index (χ0) is 23.8. The Bertz CT molecular complexity index is 1240. The van der Waals surface area contributed by atoms with E-state index in [0.717, 1.165) is 11.1 Å². The first-order valence-corrected chi connectivity index (χ1v) is 10.0. The van der Waals surface area contributed by atoms with Crippen molar-refractivity contribution in [3.63, 3.8) is 0 Å². The van der Waals surface area contributed by atoms with Crippen LogP contribution < -0.4 is 14.8 Å². The highest BCUT2D eigenvalue weighted by atomic mass is 16.5.